The van der Waals surface area contributed by atoms with Crippen molar-refractivity contribution in [3.05, 3.63) is 24.7 Å². The normalized spacial score (nSPS) is 12.1. The highest BCUT2D eigenvalue weighted by Gasteiger charge is 2.06. The van der Waals surface area contributed by atoms with Gasteiger partial charge in [-0.05, 0) is 0 Å². The van der Waals surface area contributed by atoms with Gasteiger partial charge in [-0.25, -0.2) is 4.99 Å². The van der Waals surface area contributed by atoms with Crippen molar-refractivity contribution < 1.29 is 4.79 Å². The lowest BCUT2D eigenvalue weighted by Gasteiger charge is -2.06. The Morgan fingerprint density at radius 2 is 2.23 bits per heavy atom. The van der Waals surface area contributed by atoms with Crippen LogP contribution in [-0.4, -0.2) is 12.1 Å². The van der Waals surface area contributed by atoms with E-state index in [1.54, 1.807) is 13.8 Å². The molecule has 0 saturated carbocycles. The smallest absolute Gasteiger partial charge is 0.228 e. The van der Waals surface area contributed by atoms with Gasteiger partial charge in [0.15, 0.2) is 0 Å². The molecule has 0 rings (SSSR count). The zero-order chi connectivity index (χ0) is 10.3. The number of aliphatic imine (C=N–C) groups is 1. The molecule has 0 bridgehead atoms. The number of hydrogen-bond donors (Lipinski definition) is 2. The summed E-state index contributed by atoms with van der Waals surface area (Å²) in [6, 6.07) is 0. The van der Waals surface area contributed by atoms with Gasteiger partial charge in [0, 0.05) is 18.3 Å². The summed E-state index contributed by atoms with van der Waals surface area (Å²) in [5, 5.41) is 2.55. The third-order valence-electron chi connectivity index (χ3n) is 1.25. The van der Waals surface area contributed by atoms with E-state index in [0.29, 0.717) is 5.82 Å². The highest BCUT2D eigenvalue weighted by atomic mass is 16.1. The lowest BCUT2D eigenvalue weighted by Crippen LogP contribution is -2.27. The van der Waals surface area contributed by atoms with E-state index in [4.69, 9.17) is 5.73 Å². The van der Waals surface area contributed by atoms with Crippen LogP contribution in [0.2, 0.25) is 0 Å². The zero-order valence-electron chi connectivity index (χ0n) is 7.95. The highest BCUT2D eigenvalue weighted by Crippen LogP contribution is 1.95. The number of carbonyl (C=O) groups is 1. The molecule has 4 nitrogen and oxygen atoms in total. The average molecular weight is 181 g/mol. The molecular formula is C9H15N3O. The van der Waals surface area contributed by atoms with Gasteiger partial charge in [0.05, 0.1) is 0 Å². The summed E-state index contributed by atoms with van der Waals surface area (Å²) in [6.07, 6.45) is 4.20. The first-order valence-electron chi connectivity index (χ1n) is 3.99. The predicted molar refractivity (Wildman–Crippen MR) is 53.9 cm³/mol. The number of nitrogens with zero attached hydrogens (tertiary/aromatic N) is 1. The van der Waals surface area contributed by atoms with Crippen molar-refractivity contribution in [2.24, 2.45) is 16.6 Å². The molecule has 0 saturated heterocycles. The lowest BCUT2D eigenvalue weighted by molar-refractivity contribution is -0.123. The van der Waals surface area contributed by atoms with E-state index < -0.39 is 0 Å². The fourth-order valence-corrected chi connectivity index (χ4v) is 0.521. The van der Waals surface area contributed by atoms with Gasteiger partial charge >= 0.3 is 0 Å². The molecule has 1 amide bonds. The topological polar surface area (TPSA) is 67.5 Å². The van der Waals surface area contributed by atoms with E-state index in [9.17, 15) is 4.79 Å². The summed E-state index contributed by atoms with van der Waals surface area (Å²) in [5.74, 6) is 0.130. The molecule has 0 radical (unpaired) electrons. The minimum Gasteiger partial charge on any atom is -0.402 e. The fourth-order valence-electron chi connectivity index (χ4n) is 0.521. The molecule has 0 aliphatic rings. The van der Waals surface area contributed by atoms with Crippen LogP contribution in [0.15, 0.2) is 29.7 Å². The Morgan fingerprint density at radius 3 is 2.62 bits per heavy atom. The fraction of sp³-hybridized carbons (Fsp3) is 0.333. The molecule has 13 heavy (non-hydrogen) atoms. The van der Waals surface area contributed by atoms with Gasteiger partial charge in [0.1, 0.15) is 5.82 Å². The van der Waals surface area contributed by atoms with Gasteiger partial charge < -0.3 is 11.1 Å². The largest absolute Gasteiger partial charge is 0.402 e. The summed E-state index contributed by atoms with van der Waals surface area (Å²) in [7, 11) is 0. The molecule has 3 N–H and O–H groups in total. The molecule has 0 aliphatic carbocycles. The van der Waals surface area contributed by atoms with Gasteiger partial charge in [-0.3, -0.25) is 4.79 Å². The minimum absolute atomic E-state index is 0.0890. The van der Waals surface area contributed by atoms with E-state index in [1.165, 1.54) is 18.5 Å². The number of allylic oxidation sites excluding steroid dienone is 1. The molecular weight excluding hydrogens is 166 g/mol. The first-order valence-corrected chi connectivity index (χ1v) is 3.99. The van der Waals surface area contributed by atoms with Crippen LogP contribution in [0, 0.1) is 5.92 Å². The Kier molecular flexibility index (Phi) is 5.27. The first-order chi connectivity index (χ1) is 6.11. The van der Waals surface area contributed by atoms with Crippen molar-refractivity contribution in [2.75, 3.05) is 0 Å². The molecule has 0 fully saturated rings. The van der Waals surface area contributed by atoms with Crippen LogP contribution in [0.25, 0.3) is 0 Å². The van der Waals surface area contributed by atoms with Crippen LogP contribution in [-0.2, 0) is 4.79 Å². The van der Waals surface area contributed by atoms with Gasteiger partial charge in [-0.1, -0.05) is 26.5 Å². The second kappa shape index (κ2) is 5.99. The number of nitrogens with two attached hydrogens (primary N) is 1. The minimum atomic E-state index is -0.113. The quantitative estimate of drug-likeness (QED) is 0.629. The van der Waals surface area contributed by atoms with E-state index in [2.05, 4.69) is 16.9 Å². The van der Waals surface area contributed by atoms with Crippen molar-refractivity contribution in [3.8, 4) is 0 Å². The van der Waals surface area contributed by atoms with Gasteiger partial charge in [-0.2, -0.15) is 0 Å². The average Bonchev–Trinajstić information content (AvgIpc) is 2.11. The molecule has 0 heterocycles. The van der Waals surface area contributed by atoms with Crippen molar-refractivity contribution in [2.45, 2.75) is 13.8 Å². The lowest BCUT2D eigenvalue weighted by atomic mass is 10.2. The highest BCUT2D eigenvalue weighted by molar-refractivity contribution is 5.80. The standard InChI is InChI=1S/C9H15N3O/c1-4-5-11-8(6-10)12-9(13)7(2)3/h4-7H,1,10H2,2-3H3,(H,12,13)/b8-6+,11-5-. The van der Waals surface area contributed by atoms with E-state index in [0.717, 1.165) is 0 Å². The summed E-state index contributed by atoms with van der Waals surface area (Å²) in [6.45, 7) is 7.04. The van der Waals surface area contributed by atoms with Crippen molar-refractivity contribution >= 4 is 12.1 Å². The molecule has 4 heteroatoms. The third kappa shape index (κ3) is 4.79. The Balaban J connectivity index is 4.23. The number of nitrogens with one attached hydrogen (secondary N) is 1. The third-order valence-corrected chi connectivity index (χ3v) is 1.25. The van der Waals surface area contributed by atoms with Crippen molar-refractivity contribution in [3.63, 3.8) is 0 Å². The molecule has 0 spiro atoms. The Morgan fingerprint density at radius 1 is 1.62 bits per heavy atom. The van der Waals surface area contributed by atoms with Crippen LogP contribution < -0.4 is 11.1 Å². The van der Waals surface area contributed by atoms with Crippen LogP contribution in [0.1, 0.15) is 13.8 Å². The number of amides is 1. The predicted octanol–water partition coefficient (Wildman–Crippen LogP) is 0.773. The monoisotopic (exact) mass is 181 g/mol. The summed E-state index contributed by atoms with van der Waals surface area (Å²) < 4.78 is 0. The van der Waals surface area contributed by atoms with Crippen molar-refractivity contribution in [1.29, 1.82) is 0 Å². The maximum absolute atomic E-state index is 11.2. The summed E-state index contributed by atoms with van der Waals surface area (Å²) in [5.41, 5.74) is 5.24. The molecule has 0 unspecified atom stereocenters. The maximum atomic E-state index is 11.2. The maximum Gasteiger partial charge on any atom is 0.228 e. The van der Waals surface area contributed by atoms with E-state index in [1.807, 2.05) is 0 Å². The SMILES string of the molecule is C=C/C=N\C(=C/N)NC(=O)C(C)C. The first kappa shape index (κ1) is 11.4. The Bertz CT molecular complexity index is 241. The number of hydrogen-bond acceptors (Lipinski definition) is 3. The van der Waals surface area contributed by atoms with Gasteiger partial charge in [0.25, 0.3) is 0 Å². The Labute approximate surface area is 78.2 Å². The molecule has 72 valence electrons. The Hall–Kier alpha value is -1.58. The molecule has 0 aromatic heterocycles. The summed E-state index contributed by atoms with van der Waals surface area (Å²) >= 11 is 0. The van der Waals surface area contributed by atoms with E-state index >= 15 is 0 Å². The molecule has 0 atom stereocenters. The van der Waals surface area contributed by atoms with Crippen LogP contribution in [0.3, 0.4) is 0 Å². The van der Waals surface area contributed by atoms with Crippen molar-refractivity contribution in [1.82, 2.24) is 5.32 Å². The molecule has 0 aromatic rings. The number of rotatable bonds is 4. The second-order valence-corrected chi connectivity index (χ2v) is 2.71. The van der Waals surface area contributed by atoms with Crippen LogP contribution in [0.4, 0.5) is 0 Å². The summed E-state index contributed by atoms with van der Waals surface area (Å²) in [4.78, 5) is 15.0. The molecule has 0 aliphatic heterocycles. The van der Waals surface area contributed by atoms with Gasteiger partial charge in [0.2, 0.25) is 5.91 Å². The zero-order valence-corrected chi connectivity index (χ0v) is 7.95. The van der Waals surface area contributed by atoms with Crippen LogP contribution >= 0.6 is 0 Å². The number of carbonyl (C=O) groups excluding carboxylic acids is 1. The van der Waals surface area contributed by atoms with Crippen LogP contribution in [0.5, 0.6) is 0 Å². The molecule has 0 aromatic carbocycles. The second-order valence-electron chi connectivity index (χ2n) is 2.71. The van der Waals surface area contributed by atoms with Gasteiger partial charge in [-0.15, -0.1) is 0 Å². The van der Waals surface area contributed by atoms with E-state index in [-0.39, 0.29) is 11.8 Å².